The zero-order valence-electron chi connectivity index (χ0n) is 19.1. The van der Waals surface area contributed by atoms with Gasteiger partial charge in [-0.3, -0.25) is 19.2 Å². The molecular formula is C21H26Cl2N6O4S2. The van der Waals surface area contributed by atoms with Gasteiger partial charge in [-0.2, -0.15) is 0 Å². The van der Waals surface area contributed by atoms with Crippen molar-refractivity contribution in [2.24, 2.45) is 0 Å². The van der Waals surface area contributed by atoms with Crippen LogP contribution in [0.15, 0.2) is 12.1 Å². The molecule has 1 fully saturated rings. The first-order valence-corrected chi connectivity index (χ1v) is 12.8. The minimum Gasteiger partial charge on any atom is -0.343 e. The van der Waals surface area contributed by atoms with Crippen molar-refractivity contribution in [2.45, 2.75) is 38.4 Å². The van der Waals surface area contributed by atoms with Crippen LogP contribution in [0.25, 0.3) is 0 Å². The summed E-state index contributed by atoms with van der Waals surface area (Å²) in [7, 11) is 2.03. The summed E-state index contributed by atoms with van der Waals surface area (Å²) in [4.78, 5) is 59.2. The van der Waals surface area contributed by atoms with Gasteiger partial charge >= 0.3 is 11.8 Å². The Morgan fingerprint density at radius 1 is 1.09 bits per heavy atom. The van der Waals surface area contributed by atoms with Crippen LogP contribution in [0.3, 0.4) is 0 Å². The average Bonchev–Trinajstić information content (AvgIpc) is 3.40. The van der Waals surface area contributed by atoms with Crippen LogP contribution in [0.4, 0.5) is 5.00 Å². The molecule has 2 aromatic heterocycles. The number of carbonyl (C=O) groups excluding carboxylic acids is 4. The van der Waals surface area contributed by atoms with E-state index >= 15 is 0 Å². The maximum Gasteiger partial charge on any atom is 0.314 e. The molecule has 35 heavy (non-hydrogen) atoms. The number of anilines is 1. The number of hydrogen-bond donors (Lipinski definition) is 3. The number of nitrogens with one attached hydrogen (secondary N) is 3. The van der Waals surface area contributed by atoms with Gasteiger partial charge in [0.05, 0.1) is 27.1 Å². The Labute approximate surface area is 221 Å². The van der Waals surface area contributed by atoms with Crippen molar-refractivity contribution in [3.63, 3.8) is 0 Å². The topological polar surface area (TPSA) is 124 Å². The molecule has 0 unspecified atom stereocenters. The Kier molecular flexibility index (Phi) is 9.11. The van der Waals surface area contributed by atoms with Crippen molar-refractivity contribution in [3.8, 4) is 0 Å². The number of carbonyl (C=O) groups is 4. The molecule has 4 amide bonds. The Morgan fingerprint density at radius 2 is 1.86 bits per heavy atom. The van der Waals surface area contributed by atoms with E-state index in [1.165, 1.54) is 18.3 Å². The first kappa shape index (κ1) is 27.3. The van der Waals surface area contributed by atoms with Gasteiger partial charge in [0.25, 0.3) is 5.91 Å². The molecule has 0 aromatic carbocycles. The fraction of sp³-hybridized carbons (Fsp3) is 0.476. The van der Waals surface area contributed by atoms with Gasteiger partial charge in [-0.1, -0.05) is 11.6 Å². The number of likely N-dealkylation sites (N-methyl/N-ethyl adjacent to an activating group) is 1. The molecule has 0 spiro atoms. The highest BCUT2D eigenvalue weighted by Gasteiger charge is 2.34. The quantitative estimate of drug-likeness (QED) is 0.489. The lowest BCUT2D eigenvalue weighted by molar-refractivity contribution is -0.137. The van der Waals surface area contributed by atoms with Crippen molar-refractivity contribution in [1.29, 1.82) is 0 Å². The van der Waals surface area contributed by atoms with E-state index in [4.69, 9.17) is 11.6 Å². The molecule has 3 N–H and O–H groups in total. The summed E-state index contributed by atoms with van der Waals surface area (Å²) in [6.07, 6.45) is 1.19. The number of nitrogens with zero attached hydrogens (tertiary/aromatic N) is 3. The Hall–Kier alpha value is -2.25. The zero-order valence-corrected chi connectivity index (χ0v) is 22.3. The summed E-state index contributed by atoms with van der Waals surface area (Å²) in [5.41, 5.74) is 0.942. The fourth-order valence-corrected chi connectivity index (χ4v) is 6.02. The van der Waals surface area contributed by atoms with E-state index < -0.39 is 23.9 Å². The molecule has 0 bridgehead atoms. The largest absolute Gasteiger partial charge is 0.343 e. The molecule has 0 radical (unpaired) electrons. The molecule has 2 atom stereocenters. The predicted molar refractivity (Wildman–Crippen MR) is 137 cm³/mol. The molecule has 10 nitrogen and oxygen atoms in total. The number of aromatic nitrogens is 1. The Balaban J connectivity index is 0.00000342. The van der Waals surface area contributed by atoms with Crippen molar-refractivity contribution in [3.05, 3.63) is 32.0 Å². The van der Waals surface area contributed by atoms with E-state index in [9.17, 15) is 19.2 Å². The van der Waals surface area contributed by atoms with Crippen molar-refractivity contribution < 1.29 is 19.2 Å². The smallest absolute Gasteiger partial charge is 0.314 e. The van der Waals surface area contributed by atoms with Crippen LogP contribution in [0, 0.1) is 0 Å². The maximum atomic E-state index is 13.0. The molecular weight excluding hydrogens is 535 g/mol. The van der Waals surface area contributed by atoms with E-state index in [0.29, 0.717) is 27.3 Å². The minimum absolute atomic E-state index is 0. The zero-order chi connectivity index (χ0) is 24.4. The average molecular weight is 562 g/mol. The lowest BCUT2D eigenvalue weighted by Gasteiger charge is -2.38. The number of hydrogen-bond acceptors (Lipinski definition) is 8. The third-order valence-electron chi connectivity index (χ3n) is 5.82. The van der Waals surface area contributed by atoms with Crippen LogP contribution in [-0.4, -0.2) is 77.2 Å². The van der Waals surface area contributed by atoms with E-state index in [0.717, 1.165) is 41.4 Å². The molecule has 4 heterocycles. The van der Waals surface area contributed by atoms with Crippen molar-refractivity contribution >= 4 is 75.3 Å². The molecule has 0 saturated carbocycles. The predicted octanol–water partition coefficient (Wildman–Crippen LogP) is 1.74. The summed E-state index contributed by atoms with van der Waals surface area (Å²) in [5, 5.41) is 8.97. The summed E-state index contributed by atoms with van der Waals surface area (Å²) < 4.78 is 0.491. The SMILES string of the molecule is CC(=O)N1CC[C@H](NC(=O)C(=O)Nc2ccc(Cl)s2)[C@H](NC(=O)c2nc3c(s2)CN(C)CC3)C1.Cl. The van der Waals surface area contributed by atoms with Crippen LogP contribution >= 0.6 is 46.7 Å². The van der Waals surface area contributed by atoms with Gasteiger partial charge in [0.15, 0.2) is 5.01 Å². The van der Waals surface area contributed by atoms with Gasteiger partial charge in [-0.05, 0) is 25.6 Å². The number of piperidine rings is 1. The molecule has 14 heteroatoms. The number of thiophene rings is 1. The fourth-order valence-electron chi connectivity index (χ4n) is 3.99. The highest BCUT2D eigenvalue weighted by Crippen LogP contribution is 2.26. The van der Waals surface area contributed by atoms with Crippen molar-refractivity contribution in [2.75, 3.05) is 32.0 Å². The van der Waals surface area contributed by atoms with Crippen LogP contribution in [0.5, 0.6) is 0 Å². The van der Waals surface area contributed by atoms with Gasteiger partial charge < -0.3 is 25.8 Å². The highest BCUT2D eigenvalue weighted by molar-refractivity contribution is 7.20. The maximum absolute atomic E-state index is 13.0. The number of halogens is 2. The van der Waals surface area contributed by atoms with Gasteiger partial charge in [0, 0.05) is 44.4 Å². The van der Waals surface area contributed by atoms with Gasteiger partial charge in [-0.25, -0.2) is 4.98 Å². The number of rotatable bonds is 4. The normalized spacial score (nSPS) is 19.8. The van der Waals surface area contributed by atoms with Crippen LogP contribution < -0.4 is 16.0 Å². The molecule has 4 rings (SSSR count). The van der Waals surface area contributed by atoms with Gasteiger partial charge in [0.1, 0.15) is 0 Å². The first-order chi connectivity index (χ1) is 16.2. The first-order valence-electron chi connectivity index (χ1n) is 10.8. The number of thiazole rings is 1. The van der Waals surface area contributed by atoms with Gasteiger partial charge in [0.2, 0.25) is 5.91 Å². The lowest BCUT2D eigenvalue weighted by atomic mass is 9.98. The molecule has 2 aliphatic rings. The second-order valence-corrected chi connectivity index (χ2v) is 11.1. The molecule has 190 valence electrons. The summed E-state index contributed by atoms with van der Waals surface area (Å²) in [5.74, 6) is -2.12. The van der Waals surface area contributed by atoms with E-state index in [1.54, 1.807) is 17.0 Å². The molecule has 0 aliphatic carbocycles. The summed E-state index contributed by atoms with van der Waals surface area (Å²) in [6, 6.07) is 2.14. The van der Waals surface area contributed by atoms with E-state index in [-0.39, 0.29) is 30.8 Å². The van der Waals surface area contributed by atoms with Crippen molar-refractivity contribution in [1.82, 2.24) is 25.4 Å². The third kappa shape index (κ3) is 6.70. The van der Waals surface area contributed by atoms with E-state index in [1.807, 2.05) is 7.05 Å². The van der Waals surface area contributed by atoms with Crippen LogP contribution in [0.2, 0.25) is 4.34 Å². The second-order valence-electron chi connectivity index (χ2n) is 8.35. The second kappa shape index (κ2) is 11.7. The molecule has 1 saturated heterocycles. The molecule has 2 aliphatic heterocycles. The summed E-state index contributed by atoms with van der Waals surface area (Å²) >= 11 is 8.37. The van der Waals surface area contributed by atoms with Gasteiger partial charge in [-0.15, -0.1) is 35.1 Å². The Morgan fingerprint density at radius 3 is 2.54 bits per heavy atom. The summed E-state index contributed by atoms with van der Waals surface area (Å²) in [6.45, 7) is 3.74. The van der Waals surface area contributed by atoms with Crippen LogP contribution in [0.1, 0.15) is 33.7 Å². The third-order valence-corrected chi connectivity index (χ3v) is 8.05. The standard InChI is InChI=1S/C21H25ClN6O4S2.ClH/c1-11(29)28-8-6-12(23-18(30)19(31)26-17-4-3-16(22)34-17)14(9-28)24-20(32)21-25-13-5-7-27(2)10-15(13)33-21;/h3-4,12,14H,5-10H2,1-2H3,(H,23,30)(H,24,32)(H,26,31);1H/t12-,14+;/m0./s1. The Bertz CT molecular complexity index is 1120. The monoisotopic (exact) mass is 560 g/mol. The number of likely N-dealkylation sites (tertiary alicyclic amines) is 1. The highest BCUT2D eigenvalue weighted by atomic mass is 35.5. The lowest BCUT2D eigenvalue weighted by Crippen LogP contribution is -2.62. The minimum atomic E-state index is -0.825. The number of amides is 4. The van der Waals surface area contributed by atoms with Crippen LogP contribution in [-0.2, 0) is 27.3 Å². The number of fused-ring (bicyclic) bond motifs is 1. The van der Waals surface area contributed by atoms with E-state index in [2.05, 4.69) is 25.8 Å². The molecule has 2 aromatic rings.